The maximum atomic E-state index is 3.47. The van der Waals surface area contributed by atoms with Crippen LogP contribution in [0.15, 0.2) is 24.3 Å². The van der Waals surface area contributed by atoms with E-state index in [9.17, 15) is 0 Å². The lowest BCUT2D eigenvalue weighted by molar-refractivity contribution is 0.400. The molecule has 0 spiro atoms. The Morgan fingerprint density at radius 2 is 1.88 bits per heavy atom. The van der Waals surface area contributed by atoms with Crippen molar-refractivity contribution in [2.24, 2.45) is 0 Å². The zero-order chi connectivity index (χ0) is 12.9. The third-order valence-corrected chi connectivity index (χ3v) is 2.86. The fraction of sp³-hybridized carbons (Fsp3) is 0.600. The van der Waals surface area contributed by atoms with Crippen LogP contribution in [0.4, 0.5) is 0 Å². The molecule has 17 heavy (non-hydrogen) atoms. The first-order valence-electron chi connectivity index (χ1n) is 6.34. The molecule has 0 aliphatic heterocycles. The number of likely N-dealkylation sites (N-methyl/N-ethyl adjacent to an activating group) is 1. The Hall–Kier alpha value is -0.860. The summed E-state index contributed by atoms with van der Waals surface area (Å²) in [5, 5.41) is 3.47. The van der Waals surface area contributed by atoms with Gasteiger partial charge in [-0.3, -0.25) is 0 Å². The van der Waals surface area contributed by atoms with Gasteiger partial charge in [0.25, 0.3) is 0 Å². The minimum atomic E-state index is 0.236. The monoisotopic (exact) mass is 234 g/mol. The molecule has 0 atom stereocenters. The summed E-state index contributed by atoms with van der Waals surface area (Å²) in [5.41, 5.74) is 3.01. The maximum absolute atomic E-state index is 3.47. The van der Waals surface area contributed by atoms with Gasteiger partial charge in [-0.25, -0.2) is 0 Å². The quantitative estimate of drug-likeness (QED) is 0.788. The van der Waals surface area contributed by atoms with Gasteiger partial charge in [0.05, 0.1) is 0 Å². The van der Waals surface area contributed by atoms with Crippen LogP contribution in [0.5, 0.6) is 0 Å². The summed E-state index contributed by atoms with van der Waals surface area (Å²) >= 11 is 0. The fourth-order valence-corrected chi connectivity index (χ4v) is 1.68. The minimum absolute atomic E-state index is 0.236. The molecule has 1 aromatic rings. The average molecular weight is 234 g/mol. The zero-order valence-electron chi connectivity index (χ0n) is 11.9. The standard InChI is InChI=1S/C15H26N2/c1-15(2,3)14-8-6-7-13(11-14)12-16-9-10-17(4)5/h6-8,11,16H,9-10,12H2,1-5H3. The van der Waals surface area contributed by atoms with Crippen molar-refractivity contribution in [1.29, 1.82) is 0 Å². The first kappa shape index (κ1) is 14.2. The average Bonchev–Trinajstić information content (AvgIpc) is 2.23. The molecule has 0 radical (unpaired) electrons. The molecule has 1 aromatic carbocycles. The topological polar surface area (TPSA) is 15.3 Å². The molecule has 0 saturated carbocycles. The smallest absolute Gasteiger partial charge is 0.0206 e. The van der Waals surface area contributed by atoms with Gasteiger partial charge in [0.15, 0.2) is 0 Å². The number of nitrogens with one attached hydrogen (secondary N) is 1. The second-order valence-corrected chi connectivity index (χ2v) is 5.93. The van der Waals surface area contributed by atoms with Crippen LogP contribution >= 0.6 is 0 Å². The SMILES string of the molecule is CN(C)CCNCc1cccc(C(C)(C)C)c1. The van der Waals surface area contributed by atoms with Crippen molar-refractivity contribution in [3.63, 3.8) is 0 Å². The molecule has 96 valence electrons. The van der Waals surface area contributed by atoms with Crippen LogP contribution in [0.2, 0.25) is 0 Å². The zero-order valence-corrected chi connectivity index (χ0v) is 11.9. The molecule has 0 heterocycles. The highest BCUT2D eigenvalue weighted by atomic mass is 15.1. The summed E-state index contributed by atoms with van der Waals surface area (Å²) in [7, 11) is 4.20. The van der Waals surface area contributed by atoms with Crippen molar-refractivity contribution in [3.8, 4) is 0 Å². The minimum Gasteiger partial charge on any atom is -0.311 e. The molecule has 0 fully saturated rings. The van der Waals surface area contributed by atoms with Gasteiger partial charge in [-0.1, -0.05) is 45.0 Å². The van der Waals surface area contributed by atoms with Gasteiger partial charge in [0.1, 0.15) is 0 Å². The van der Waals surface area contributed by atoms with Crippen molar-refractivity contribution in [1.82, 2.24) is 10.2 Å². The normalized spacial score (nSPS) is 12.1. The molecule has 0 bridgehead atoms. The predicted molar refractivity (Wildman–Crippen MR) is 75.4 cm³/mol. The third kappa shape index (κ3) is 5.33. The molecule has 0 aliphatic rings. The van der Waals surface area contributed by atoms with Crippen LogP contribution in [0.25, 0.3) is 0 Å². The molecule has 2 heteroatoms. The Morgan fingerprint density at radius 1 is 1.18 bits per heavy atom. The highest BCUT2D eigenvalue weighted by Gasteiger charge is 2.13. The molecular formula is C15H26N2. The van der Waals surface area contributed by atoms with Gasteiger partial charge < -0.3 is 10.2 Å². The van der Waals surface area contributed by atoms with Crippen molar-refractivity contribution in [3.05, 3.63) is 35.4 Å². The van der Waals surface area contributed by atoms with E-state index >= 15 is 0 Å². The van der Waals surface area contributed by atoms with E-state index in [4.69, 9.17) is 0 Å². The Kier molecular flexibility index (Phi) is 5.16. The van der Waals surface area contributed by atoms with Gasteiger partial charge in [0.2, 0.25) is 0 Å². The second kappa shape index (κ2) is 6.18. The highest BCUT2D eigenvalue weighted by molar-refractivity contribution is 5.28. The summed E-state index contributed by atoms with van der Waals surface area (Å²) in [4.78, 5) is 2.19. The van der Waals surface area contributed by atoms with E-state index in [0.717, 1.165) is 19.6 Å². The van der Waals surface area contributed by atoms with Crippen LogP contribution in [-0.4, -0.2) is 32.1 Å². The molecule has 0 unspecified atom stereocenters. The largest absolute Gasteiger partial charge is 0.311 e. The summed E-state index contributed by atoms with van der Waals surface area (Å²) in [6, 6.07) is 8.87. The molecule has 1 N–H and O–H groups in total. The van der Waals surface area contributed by atoms with Crippen LogP contribution in [0.3, 0.4) is 0 Å². The lowest BCUT2D eigenvalue weighted by Crippen LogP contribution is -2.26. The van der Waals surface area contributed by atoms with Gasteiger partial charge >= 0.3 is 0 Å². The molecule has 0 aliphatic carbocycles. The van der Waals surface area contributed by atoms with E-state index in [1.54, 1.807) is 0 Å². The second-order valence-electron chi connectivity index (χ2n) is 5.93. The van der Waals surface area contributed by atoms with E-state index in [-0.39, 0.29) is 5.41 Å². The van der Waals surface area contributed by atoms with E-state index < -0.39 is 0 Å². The number of hydrogen-bond donors (Lipinski definition) is 1. The third-order valence-electron chi connectivity index (χ3n) is 2.86. The van der Waals surface area contributed by atoms with Crippen LogP contribution in [0, 0.1) is 0 Å². The Bertz CT molecular complexity index is 337. The van der Waals surface area contributed by atoms with Crippen molar-refractivity contribution in [2.75, 3.05) is 27.2 Å². The first-order valence-corrected chi connectivity index (χ1v) is 6.34. The molecule has 0 aromatic heterocycles. The number of hydrogen-bond acceptors (Lipinski definition) is 2. The summed E-state index contributed by atoms with van der Waals surface area (Å²) in [5.74, 6) is 0. The van der Waals surface area contributed by atoms with E-state index in [2.05, 4.69) is 69.3 Å². The van der Waals surface area contributed by atoms with Gasteiger partial charge in [-0.05, 0) is 30.6 Å². The highest BCUT2D eigenvalue weighted by Crippen LogP contribution is 2.22. The van der Waals surface area contributed by atoms with Crippen molar-refractivity contribution in [2.45, 2.75) is 32.7 Å². The number of nitrogens with zero attached hydrogens (tertiary/aromatic N) is 1. The number of rotatable bonds is 5. The Balaban J connectivity index is 2.49. The maximum Gasteiger partial charge on any atom is 0.0206 e. The van der Waals surface area contributed by atoms with Gasteiger partial charge in [-0.15, -0.1) is 0 Å². The molecule has 1 rings (SSSR count). The predicted octanol–water partition coefficient (Wildman–Crippen LogP) is 2.64. The molecular weight excluding hydrogens is 208 g/mol. The summed E-state index contributed by atoms with van der Waals surface area (Å²) in [6.07, 6.45) is 0. The fourth-order valence-electron chi connectivity index (χ4n) is 1.68. The van der Waals surface area contributed by atoms with Crippen molar-refractivity contribution < 1.29 is 0 Å². The first-order chi connectivity index (χ1) is 7.89. The molecule has 0 saturated heterocycles. The van der Waals surface area contributed by atoms with Crippen LogP contribution in [-0.2, 0) is 12.0 Å². The van der Waals surface area contributed by atoms with Crippen LogP contribution in [0.1, 0.15) is 31.9 Å². The van der Waals surface area contributed by atoms with E-state index in [1.165, 1.54) is 11.1 Å². The lowest BCUT2D eigenvalue weighted by Gasteiger charge is -2.20. The van der Waals surface area contributed by atoms with Gasteiger partial charge in [-0.2, -0.15) is 0 Å². The van der Waals surface area contributed by atoms with E-state index in [1.807, 2.05) is 0 Å². The van der Waals surface area contributed by atoms with E-state index in [0.29, 0.717) is 0 Å². The van der Waals surface area contributed by atoms with Gasteiger partial charge in [0, 0.05) is 19.6 Å². The summed E-state index contributed by atoms with van der Waals surface area (Å²) < 4.78 is 0. The van der Waals surface area contributed by atoms with Crippen LogP contribution < -0.4 is 5.32 Å². The Labute approximate surface area is 106 Å². The molecule has 2 nitrogen and oxygen atoms in total. The summed E-state index contributed by atoms with van der Waals surface area (Å²) in [6.45, 7) is 9.84. The lowest BCUT2D eigenvalue weighted by atomic mass is 9.86. The molecule has 0 amide bonds. The van der Waals surface area contributed by atoms with Crippen molar-refractivity contribution >= 4 is 0 Å². The Morgan fingerprint density at radius 3 is 2.47 bits per heavy atom. The number of benzene rings is 1.